The van der Waals surface area contributed by atoms with E-state index in [1.807, 2.05) is 49.4 Å². The molecule has 0 aliphatic heterocycles. The topological polar surface area (TPSA) is 79.8 Å². The standard InChI is InChI=1S/C22H19N5O/c1-15-7-9-16(10-8-15)14-25-22-24-13-11-19(27-22)21(28)26-18-6-2-4-17-5-3-12-23-20(17)18/h2-13H,14H2,1H3,(H,26,28)(H,24,25,27). The summed E-state index contributed by atoms with van der Waals surface area (Å²) in [7, 11) is 0. The number of hydrogen-bond donors (Lipinski definition) is 2. The molecule has 0 spiro atoms. The highest BCUT2D eigenvalue weighted by atomic mass is 16.1. The van der Waals surface area contributed by atoms with Crippen LogP contribution in [0.15, 0.2) is 73.1 Å². The second kappa shape index (κ2) is 7.84. The van der Waals surface area contributed by atoms with Gasteiger partial charge in [0.05, 0.1) is 11.2 Å². The van der Waals surface area contributed by atoms with E-state index in [9.17, 15) is 4.79 Å². The van der Waals surface area contributed by atoms with Crippen LogP contribution in [-0.4, -0.2) is 20.9 Å². The summed E-state index contributed by atoms with van der Waals surface area (Å²) in [4.78, 5) is 25.5. The Kier molecular flexibility index (Phi) is 4.93. The molecule has 4 aromatic rings. The third-order valence-electron chi connectivity index (χ3n) is 4.34. The fourth-order valence-corrected chi connectivity index (χ4v) is 2.85. The van der Waals surface area contributed by atoms with Gasteiger partial charge < -0.3 is 10.6 Å². The van der Waals surface area contributed by atoms with E-state index >= 15 is 0 Å². The molecular weight excluding hydrogens is 350 g/mol. The first-order chi connectivity index (χ1) is 13.7. The van der Waals surface area contributed by atoms with Gasteiger partial charge in [0.25, 0.3) is 5.91 Å². The van der Waals surface area contributed by atoms with Gasteiger partial charge in [0.1, 0.15) is 5.69 Å². The van der Waals surface area contributed by atoms with Crippen molar-refractivity contribution in [2.24, 2.45) is 0 Å². The molecule has 0 aliphatic rings. The van der Waals surface area contributed by atoms with Gasteiger partial charge in [0.15, 0.2) is 0 Å². The Morgan fingerprint density at radius 3 is 2.61 bits per heavy atom. The van der Waals surface area contributed by atoms with Crippen LogP contribution in [0.1, 0.15) is 21.6 Å². The molecule has 28 heavy (non-hydrogen) atoms. The Bertz CT molecular complexity index is 1120. The molecule has 0 aliphatic carbocycles. The summed E-state index contributed by atoms with van der Waals surface area (Å²) in [5.74, 6) is 0.100. The smallest absolute Gasteiger partial charge is 0.274 e. The zero-order chi connectivity index (χ0) is 19.3. The highest BCUT2D eigenvalue weighted by Gasteiger charge is 2.11. The number of nitrogens with one attached hydrogen (secondary N) is 2. The van der Waals surface area contributed by atoms with E-state index in [1.165, 1.54) is 5.56 Å². The number of rotatable bonds is 5. The molecule has 2 heterocycles. The number of amides is 1. The van der Waals surface area contributed by atoms with E-state index in [-0.39, 0.29) is 11.6 Å². The number of fused-ring (bicyclic) bond motifs is 1. The summed E-state index contributed by atoms with van der Waals surface area (Å²) in [5, 5.41) is 7.01. The van der Waals surface area contributed by atoms with Crippen molar-refractivity contribution in [1.29, 1.82) is 0 Å². The van der Waals surface area contributed by atoms with Crippen molar-refractivity contribution < 1.29 is 4.79 Å². The Labute approximate surface area is 162 Å². The first kappa shape index (κ1) is 17.6. The second-order valence-corrected chi connectivity index (χ2v) is 6.44. The van der Waals surface area contributed by atoms with Crippen molar-refractivity contribution in [2.45, 2.75) is 13.5 Å². The van der Waals surface area contributed by atoms with Crippen LogP contribution in [0.5, 0.6) is 0 Å². The van der Waals surface area contributed by atoms with Crippen molar-refractivity contribution in [2.75, 3.05) is 10.6 Å². The first-order valence-electron chi connectivity index (χ1n) is 8.96. The molecule has 0 saturated carbocycles. The minimum atomic E-state index is -0.307. The van der Waals surface area contributed by atoms with Gasteiger partial charge in [0.2, 0.25) is 5.95 Å². The number of benzene rings is 2. The largest absolute Gasteiger partial charge is 0.350 e. The van der Waals surface area contributed by atoms with Crippen LogP contribution < -0.4 is 10.6 Å². The first-order valence-corrected chi connectivity index (χ1v) is 8.96. The minimum absolute atomic E-state index is 0.286. The predicted molar refractivity (Wildman–Crippen MR) is 110 cm³/mol. The molecule has 138 valence electrons. The van der Waals surface area contributed by atoms with Crippen molar-refractivity contribution in [3.8, 4) is 0 Å². The van der Waals surface area contributed by atoms with Crippen LogP contribution in [0.25, 0.3) is 10.9 Å². The van der Waals surface area contributed by atoms with Crippen molar-refractivity contribution in [3.05, 3.63) is 89.9 Å². The summed E-state index contributed by atoms with van der Waals surface area (Å²) < 4.78 is 0. The summed E-state index contributed by atoms with van der Waals surface area (Å²) >= 11 is 0. The highest BCUT2D eigenvalue weighted by Crippen LogP contribution is 2.21. The van der Waals surface area contributed by atoms with Gasteiger partial charge in [-0.3, -0.25) is 9.78 Å². The molecule has 0 radical (unpaired) electrons. The Morgan fingerprint density at radius 1 is 0.929 bits per heavy atom. The summed E-state index contributed by atoms with van der Waals surface area (Å²) in [5.41, 5.74) is 4.00. The third-order valence-corrected chi connectivity index (χ3v) is 4.34. The van der Waals surface area contributed by atoms with Gasteiger partial charge in [-0.05, 0) is 30.7 Å². The molecule has 1 amide bonds. The molecule has 2 aromatic heterocycles. The van der Waals surface area contributed by atoms with E-state index in [1.54, 1.807) is 18.5 Å². The normalized spacial score (nSPS) is 10.6. The number of para-hydroxylation sites is 1. The maximum absolute atomic E-state index is 12.7. The van der Waals surface area contributed by atoms with E-state index in [2.05, 4.69) is 37.7 Å². The SMILES string of the molecule is Cc1ccc(CNc2nccc(C(=O)Nc3cccc4cccnc34)n2)cc1. The molecule has 6 heteroatoms. The van der Waals surface area contributed by atoms with E-state index in [0.717, 1.165) is 16.5 Å². The molecule has 4 rings (SSSR count). The molecule has 2 aromatic carbocycles. The fourth-order valence-electron chi connectivity index (χ4n) is 2.85. The van der Waals surface area contributed by atoms with Crippen LogP contribution in [-0.2, 0) is 6.54 Å². The number of aromatic nitrogens is 3. The molecule has 0 atom stereocenters. The number of nitrogens with zero attached hydrogens (tertiary/aromatic N) is 3. The lowest BCUT2D eigenvalue weighted by molar-refractivity contribution is 0.102. The number of pyridine rings is 1. The zero-order valence-electron chi connectivity index (χ0n) is 15.4. The van der Waals surface area contributed by atoms with Gasteiger partial charge in [-0.1, -0.05) is 48.0 Å². The average Bonchev–Trinajstić information content (AvgIpc) is 2.74. The van der Waals surface area contributed by atoms with Gasteiger partial charge >= 0.3 is 0 Å². The number of hydrogen-bond acceptors (Lipinski definition) is 5. The van der Waals surface area contributed by atoms with E-state index in [4.69, 9.17) is 0 Å². The van der Waals surface area contributed by atoms with Crippen molar-refractivity contribution >= 4 is 28.4 Å². The Hall–Kier alpha value is -3.80. The van der Waals surface area contributed by atoms with Crippen LogP contribution in [0.2, 0.25) is 0 Å². The van der Waals surface area contributed by atoms with Crippen LogP contribution >= 0.6 is 0 Å². The third kappa shape index (κ3) is 3.96. The molecule has 0 saturated heterocycles. The van der Waals surface area contributed by atoms with Gasteiger partial charge in [-0.2, -0.15) is 0 Å². The van der Waals surface area contributed by atoms with Gasteiger partial charge in [-0.15, -0.1) is 0 Å². The molecule has 0 fully saturated rings. The number of anilines is 2. The van der Waals surface area contributed by atoms with Crippen LogP contribution in [0.3, 0.4) is 0 Å². The Balaban J connectivity index is 1.48. The number of carbonyl (C=O) groups excluding carboxylic acids is 1. The summed E-state index contributed by atoms with van der Waals surface area (Å²) in [6, 6.07) is 19.3. The molecular formula is C22H19N5O. The van der Waals surface area contributed by atoms with E-state index in [0.29, 0.717) is 18.2 Å². The maximum atomic E-state index is 12.7. The number of aryl methyl sites for hydroxylation is 1. The molecule has 6 nitrogen and oxygen atoms in total. The number of carbonyl (C=O) groups is 1. The lowest BCUT2D eigenvalue weighted by atomic mass is 10.1. The maximum Gasteiger partial charge on any atom is 0.274 e. The highest BCUT2D eigenvalue weighted by molar-refractivity contribution is 6.07. The van der Waals surface area contributed by atoms with E-state index < -0.39 is 0 Å². The minimum Gasteiger partial charge on any atom is -0.350 e. The lowest BCUT2D eigenvalue weighted by Crippen LogP contribution is -2.15. The van der Waals surface area contributed by atoms with Gasteiger partial charge in [-0.25, -0.2) is 9.97 Å². The quantitative estimate of drug-likeness (QED) is 0.551. The molecule has 0 bridgehead atoms. The molecule has 2 N–H and O–H groups in total. The van der Waals surface area contributed by atoms with Crippen LogP contribution in [0.4, 0.5) is 11.6 Å². The monoisotopic (exact) mass is 369 g/mol. The van der Waals surface area contributed by atoms with Crippen molar-refractivity contribution in [3.63, 3.8) is 0 Å². The van der Waals surface area contributed by atoms with Crippen LogP contribution in [0, 0.1) is 6.92 Å². The summed E-state index contributed by atoms with van der Waals surface area (Å²) in [6.45, 7) is 2.63. The summed E-state index contributed by atoms with van der Waals surface area (Å²) in [6.07, 6.45) is 3.27. The average molecular weight is 369 g/mol. The Morgan fingerprint density at radius 2 is 1.75 bits per heavy atom. The predicted octanol–water partition coefficient (Wildman–Crippen LogP) is 4.20. The lowest BCUT2D eigenvalue weighted by Gasteiger charge is -2.09. The van der Waals surface area contributed by atoms with Crippen molar-refractivity contribution in [1.82, 2.24) is 15.0 Å². The second-order valence-electron chi connectivity index (χ2n) is 6.44. The molecule has 0 unspecified atom stereocenters. The fraction of sp³-hybridized carbons (Fsp3) is 0.0909. The zero-order valence-corrected chi connectivity index (χ0v) is 15.4. The van der Waals surface area contributed by atoms with Gasteiger partial charge in [0, 0.05) is 24.3 Å².